The van der Waals surface area contributed by atoms with Crippen molar-refractivity contribution in [3.05, 3.63) is 94.0 Å². The van der Waals surface area contributed by atoms with E-state index in [4.69, 9.17) is 4.98 Å². The quantitative estimate of drug-likeness (QED) is 0.330. The van der Waals surface area contributed by atoms with Crippen molar-refractivity contribution in [2.24, 2.45) is 0 Å². The molecule has 0 atom stereocenters. The molecule has 0 radical (unpaired) electrons. The highest BCUT2D eigenvalue weighted by Crippen LogP contribution is 2.27. The topological polar surface area (TPSA) is 61.0 Å². The fourth-order valence-corrected chi connectivity index (χ4v) is 3.50. The molecule has 0 N–H and O–H groups in total. The van der Waals surface area contributed by atoms with E-state index in [0.29, 0.717) is 0 Å². The Hall–Kier alpha value is -3.47. The number of aromatic nitrogens is 2. The van der Waals surface area contributed by atoms with E-state index < -0.39 is 0 Å². The smallest absolute Gasteiger partial charge is 0.269 e. The van der Waals surface area contributed by atoms with Crippen LogP contribution in [0.5, 0.6) is 0 Å². The highest BCUT2D eigenvalue weighted by molar-refractivity contribution is 5.81. The number of nitro benzene ring substituents is 1. The largest absolute Gasteiger partial charge is 0.324 e. The molecule has 140 valence electrons. The molecular weight excluding hydrogens is 350 g/mol. The molecule has 0 aliphatic carbocycles. The van der Waals surface area contributed by atoms with E-state index >= 15 is 0 Å². The lowest BCUT2D eigenvalue weighted by Gasteiger charge is -2.10. The Bertz CT molecular complexity index is 1120. The van der Waals surface area contributed by atoms with Crippen LogP contribution in [0.1, 0.15) is 17.5 Å². The molecule has 0 bridgehead atoms. The molecule has 28 heavy (non-hydrogen) atoms. The average Bonchev–Trinajstić information content (AvgIpc) is 3.07. The highest BCUT2D eigenvalue weighted by Gasteiger charge is 2.14. The van der Waals surface area contributed by atoms with Crippen molar-refractivity contribution in [2.75, 3.05) is 0 Å². The number of aryl methyl sites for hydroxylation is 3. The Labute approximate surface area is 163 Å². The predicted molar refractivity (Wildman–Crippen MR) is 111 cm³/mol. The number of nitro groups is 1. The molecule has 0 aliphatic heterocycles. The van der Waals surface area contributed by atoms with Gasteiger partial charge in [-0.2, -0.15) is 0 Å². The minimum Gasteiger partial charge on any atom is -0.324 e. The van der Waals surface area contributed by atoms with Crippen molar-refractivity contribution in [2.45, 2.75) is 26.3 Å². The maximum absolute atomic E-state index is 11.0. The first-order valence-corrected chi connectivity index (χ1v) is 9.37. The van der Waals surface area contributed by atoms with E-state index in [1.54, 1.807) is 12.1 Å². The molecule has 0 fully saturated rings. The predicted octanol–water partition coefficient (Wildman–Crippen LogP) is 5.55. The molecule has 1 heterocycles. The first-order chi connectivity index (χ1) is 13.6. The second kappa shape index (κ2) is 7.64. The van der Waals surface area contributed by atoms with Gasteiger partial charge >= 0.3 is 0 Å². The number of imidazole rings is 1. The van der Waals surface area contributed by atoms with E-state index in [2.05, 4.69) is 47.9 Å². The molecule has 0 amide bonds. The zero-order valence-electron chi connectivity index (χ0n) is 15.7. The minimum atomic E-state index is -0.379. The molecule has 0 spiro atoms. The Kier molecular flexibility index (Phi) is 4.89. The standard InChI is InChI=1S/C23H21N3O2/c1-17-9-14-21-22(16-17)25(15-5-8-18-6-3-2-4-7-18)23(24-21)19-10-12-20(13-11-19)26(27)28/h2-4,6-7,9-14,16H,5,8,15H2,1H3. The Balaban J connectivity index is 1.69. The maximum atomic E-state index is 11.0. The molecule has 0 saturated heterocycles. The number of benzene rings is 3. The summed E-state index contributed by atoms with van der Waals surface area (Å²) in [6.07, 6.45) is 1.98. The minimum absolute atomic E-state index is 0.0892. The molecule has 4 rings (SSSR count). The van der Waals surface area contributed by atoms with Gasteiger partial charge in [0.25, 0.3) is 5.69 Å². The van der Waals surface area contributed by atoms with Crippen molar-refractivity contribution in [3.8, 4) is 11.4 Å². The number of nitrogens with zero attached hydrogens (tertiary/aromatic N) is 3. The van der Waals surface area contributed by atoms with Gasteiger partial charge in [0.1, 0.15) is 5.82 Å². The SMILES string of the molecule is Cc1ccc2nc(-c3ccc([N+](=O)[O-])cc3)n(CCCc3ccccc3)c2c1. The second-order valence-electron chi connectivity index (χ2n) is 6.97. The summed E-state index contributed by atoms with van der Waals surface area (Å²) in [4.78, 5) is 15.4. The van der Waals surface area contributed by atoms with E-state index in [9.17, 15) is 10.1 Å². The van der Waals surface area contributed by atoms with Gasteiger partial charge in [-0.05, 0) is 55.2 Å². The van der Waals surface area contributed by atoms with Crippen LogP contribution in [0.25, 0.3) is 22.4 Å². The summed E-state index contributed by atoms with van der Waals surface area (Å²) in [5.74, 6) is 0.851. The molecule has 0 aliphatic rings. The van der Waals surface area contributed by atoms with E-state index in [1.165, 1.54) is 23.3 Å². The lowest BCUT2D eigenvalue weighted by atomic mass is 10.1. The van der Waals surface area contributed by atoms with Crippen LogP contribution in [0.15, 0.2) is 72.8 Å². The highest BCUT2D eigenvalue weighted by atomic mass is 16.6. The summed E-state index contributed by atoms with van der Waals surface area (Å²) >= 11 is 0. The fourth-order valence-electron chi connectivity index (χ4n) is 3.50. The van der Waals surface area contributed by atoms with Gasteiger partial charge in [-0.25, -0.2) is 4.98 Å². The van der Waals surface area contributed by atoms with Crippen LogP contribution < -0.4 is 0 Å². The fraction of sp³-hybridized carbons (Fsp3) is 0.174. The van der Waals surface area contributed by atoms with Gasteiger partial charge in [0.2, 0.25) is 0 Å². The van der Waals surface area contributed by atoms with Crippen LogP contribution >= 0.6 is 0 Å². The van der Waals surface area contributed by atoms with Crippen LogP contribution in [0.3, 0.4) is 0 Å². The van der Waals surface area contributed by atoms with Crippen molar-refractivity contribution in [1.29, 1.82) is 0 Å². The van der Waals surface area contributed by atoms with Crippen LogP contribution in [0, 0.1) is 17.0 Å². The van der Waals surface area contributed by atoms with Gasteiger partial charge in [-0.1, -0.05) is 36.4 Å². The van der Waals surface area contributed by atoms with Crippen LogP contribution in [0.4, 0.5) is 5.69 Å². The number of non-ortho nitro benzene ring substituents is 1. The molecular formula is C23H21N3O2. The van der Waals surface area contributed by atoms with Gasteiger partial charge in [-0.3, -0.25) is 10.1 Å². The van der Waals surface area contributed by atoms with Gasteiger partial charge in [0.05, 0.1) is 16.0 Å². The molecule has 3 aromatic carbocycles. The zero-order chi connectivity index (χ0) is 19.5. The number of rotatable bonds is 6. The summed E-state index contributed by atoms with van der Waals surface area (Å²) in [5.41, 5.74) is 5.53. The molecule has 5 heteroatoms. The third-order valence-electron chi connectivity index (χ3n) is 4.93. The number of hydrogen-bond donors (Lipinski definition) is 0. The van der Waals surface area contributed by atoms with E-state index in [-0.39, 0.29) is 10.6 Å². The lowest BCUT2D eigenvalue weighted by molar-refractivity contribution is -0.384. The van der Waals surface area contributed by atoms with Crippen molar-refractivity contribution in [3.63, 3.8) is 0 Å². The Morgan fingerprint density at radius 3 is 2.46 bits per heavy atom. The molecule has 0 saturated carbocycles. The monoisotopic (exact) mass is 371 g/mol. The van der Waals surface area contributed by atoms with Crippen LogP contribution in [-0.2, 0) is 13.0 Å². The molecule has 5 nitrogen and oxygen atoms in total. The molecule has 1 aromatic heterocycles. The van der Waals surface area contributed by atoms with Gasteiger partial charge < -0.3 is 4.57 Å². The lowest BCUT2D eigenvalue weighted by Crippen LogP contribution is -2.02. The van der Waals surface area contributed by atoms with Crippen LogP contribution in [0.2, 0.25) is 0 Å². The first-order valence-electron chi connectivity index (χ1n) is 9.37. The first kappa shape index (κ1) is 17.9. The molecule has 0 unspecified atom stereocenters. The van der Waals surface area contributed by atoms with Crippen molar-refractivity contribution >= 4 is 16.7 Å². The summed E-state index contributed by atoms with van der Waals surface area (Å²) in [6, 6.07) is 23.3. The third-order valence-corrected chi connectivity index (χ3v) is 4.93. The summed E-state index contributed by atoms with van der Waals surface area (Å²) in [7, 11) is 0. The Morgan fingerprint density at radius 2 is 1.75 bits per heavy atom. The molecule has 4 aromatic rings. The van der Waals surface area contributed by atoms with Gasteiger partial charge in [0.15, 0.2) is 0 Å². The van der Waals surface area contributed by atoms with Gasteiger partial charge in [0, 0.05) is 24.2 Å². The summed E-state index contributed by atoms with van der Waals surface area (Å²) < 4.78 is 2.23. The summed E-state index contributed by atoms with van der Waals surface area (Å²) in [5, 5.41) is 11.0. The number of hydrogen-bond acceptors (Lipinski definition) is 3. The average molecular weight is 371 g/mol. The second-order valence-corrected chi connectivity index (χ2v) is 6.97. The van der Waals surface area contributed by atoms with E-state index in [1.807, 2.05) is 12.1 Å². The van der Waals surface area contributed by atoms with Crippen molar-refractivity contribution in [1.82, 2.24) is 9.55 Å². The summed E-state index contributed by atoms with van der Waals surface area (Å²) in [6.45, 7) is 2.91. The van der Waals surface area contributed by atoms with Crippen molar-refractivity contribution < 1.29 is 4.92 Å². The Morgan fingerprint density at radius 1 is 1.00 bits per heavy atom. The number of fused-ring (bicyclic) bond motifs is 1. The normalized spacial score (nSPS) is 11.0. The maximum Gasteiger partial charge on any atom is 0.269 e. The van der Waals surface area contributed by atoms with Crippen LogP contribution in [-0.4, -0.2) is 14.5 Å². The zero-order valence-corrected chi connectivity index (χ0v) is 15.7. The van der Waals surface area contributed by atoms with E-state index in [0.717, 1.165) is 41.8 Å². The third kappa shape index (κ3) is 3.64. The van der Waals surface area contributed by atoms with Gasteiger partial charge in [-0.15, -0.1) is 0 Å².